The van der Waals surface area contributed by atoms with Crippen molar-refractivity contribution in [1.82, 2.24) is 20.4 Å². The van der Waals surface area contributed by atoms with Crippen LogP contribution < -0.4 is 20.3 Å². The number of amides is 1. The highest BCUT2D eigenvalue weighted by atomic mass is 127. The molecule has 0 spiro atoms. The van der Waals surface area contributed by atoms with Gasteiger partial charge in [-0.25, -0.2) is 0 Å². The highest BCUT2D eigenvalue weighted by Crippen LogP contribution is 2.20. The molecule has 0 saturated carbocycles. The van der Waals surface area contributed by atoms with Crippen LogP contribution in [0.15, 0.2) is 29.3 Å². The van der Waals surface area contributed by atoms with Gasteiger partial charge >= 0.3 is 0 Å². The number of benzene rings is 1. The molecular formula is C24H41IN6O2. The average Bonchev–Trinajstić information content (AvgIpc) is 3.24. The van der Waals surface area contributed by atoms with Crippen molar-refractivity contribution in [2.45, 2.75) is 32.6 Å². The van der Waals surface area contributed by atoms with Crippen LogP contribution in [-0.2, 0) is 4.79 Å². The van der Waals surface area contributed by atoms with E-state index >= 15 is 0 Å². The average molecular weight is 573 g/mol. The van der Waals surface area contributed by atoms with Crippen molar-refractivity contribution in [2.24, 2.45) is 4.99 Å². The molecule has 0 aliphatic carbocycles. The molecular weight excluding hydrogens is 531 g/mol. The van der Waals surface area contributed by atoms with E-state index in [1.807, 2.05) is 17.0 Å². The molecule has 1 aromatic carbocycles. The van der Waals surface area contributed by atoms with E-state index in [2.05, 4.69) is 44.5 Å². The fourth-order valence-corrected chi connectivity index (χ4v) is 4.27. The predicted octanol–water partition coefficient (Wildman–Crippen LogP) is 2.39. The van der Waals surface area contributed by atoms with Crippen molar-refractivity contribution >= 4 is 41.5 Å². The zero-order chi connectivity index (χ0) is 22.6. The minimum atomic E-state index is 0. The van der Waals surface area contributed by atoms with Crippen molar-refractivity contribution in [1.29, 1.82) is 0 Å². The summed E-state index contributed by atoms with van der Waals surface area (Å²) >= 11 is 0. The zero-order valence-electron chi connectivity index (χ0n) is 20.2. The Bertz CT molecular complexity index is 722. The first-order valence-electron chi connectivity index (χ1n) is 12.1. The maximum atomic E-state index is 11.7. The molecule has 2 saturated heterocycles. The Kier molecular flexibility index (Phi) is 12.7. The zero-order valence-corrected chi connectivity index (χ0v) is 22.6. The number of carbonyl (C=O) groups excluding carboxylic acids is 1. The lowest BCUT2D eigenvalue weighted by Gasteiger charge is -2.36. The van der Waals surface area contributed by atoms with Gasteiger partial charge in [-0.05, 0) is 57.0 Å². The summed E-state index contributed by atoms with van der Waals surface area (Å²) in [7, 11) is 1.70. The van der Waals surface area contributed by atoms with Gasteiger partial charge in [0.05, 0.1) is 7.11 Å². The van der Waals surface area contributed by atoms with E-state index in [1.54, 1.807) is 7.11 Å². The number of anilines is 1. The van der Waals surface area contributed by atoms with Crippen LogP contribution in [-0.4, -0.2) is 94.2 Å². The van der Waals surface area contributed by atoms with Crippen LogP contribution in [0.25, 0.3) is 0 Å². The van der Waals surface area contributed by atoms with Gasteiger partial charge in [0, 0.05) is 71.0 Å². The Labute approximate surface area is 216 Å². The van der Waals surface area contributed by atoms with E-state index in [1.165, 1.54) is 5.69 Å². The second kappa shape index (κ2) is 15.2. The SMILES string of the molecule is CCNC(=NCCCN1CCCC1=O)NCCCN1CCN(c2ccc(OC)cc2)CC1.I. The molecule has 2 heterocycles. The van der Waals surface area contributed by atoms with Gasteiger partial charge < -0.3 is 25.2 Å². The number of nitrogens with zero attached hydrogens (tertiary/aromatic N) is 4. The predicted molar refractivity (Wildman–Crippen MR) is 146 cm³/mol. The molecule has 2 aliphatic rings. The van der Waals surface area contributed by atoms with Gasteiger partial charge in [-0.1, -0.05) is 0 Å². The number of hydrogen-bond donors (Lipinski definition) is 2. The van der Waals surface area contributed by atoms with Crippen LogP contribution in [0.2, 0.25) is 0 Å². The van der Waals surface area contributed by atoms with Crippen LogP contribution in [0.5, 0.6) is 5.75 Å². The molecule has 186 valence electrons. The Hall–Kier alpha value is -1.75. The molecule has 33 heavy (non-hydrogen) atoms. The van der Waals surface area contributed by atoms with Gasteiger partial charge in [-0.2, -0.15) is 0 Å². The summed E-state index contributed by atoms with van der Waals surface area (Å²) in [6, 6.07) is 8.34. The lowest BCUT2D eigenvalue weighted by molar-refractivity contribution is -0.127. The van der Waals surface area contributed by atoms with Gasteiger partial charge in [-0.3, -0.25) is 14.7 Å². The largest absolute Gasteiger partial charge is 0.497 e. The molecule has 2 fully saturated rings. The number of halogens is 1. The van der Waals surface area contributed by atoms with Crippen LogP contribution in [0.3, 0.4) is 0 Å². The smallest absolute Gasteiger partial charge is 0.222 e. The third kappa shape index (κ3) is 9.19. The molecule has 0 radical (unpaired) electrons. The highest BCUT2D eigenvalue weighted by molar-refractivity contribution is 14.0. The lowest BCUT2D eigenvalue weighted by Crippen LogP contribution is -2.47. The van der Waals surface area contributed by atoms with Crippen LogP contribution >= 0.6 is 24.0 Å². The van der Waals surface area contributed by atoms with Crippen LogP contribution in [0.4, 0.5) is 5.69 Å². The Morgan fingerprint density at radius 3 is 2.42 bits per heavy atom. The standard InChI is InChI=1S/C24H40N6O2.HI/c1-3-25-24(27-13-6-16-30-15-4-7-23(30)31)26-12-5-14-28-17-19-29(20-18-28)21-8-10-22(32-2)11-9-21;/h8-11H,3-7,12-20H2,1-2H3,(H2,25,26,27);1H. The van der Waals surface area contributed by atoms with E-state index in [4.69, 9.17) is 4.74 Å². The maximum Gasteiger partial charge on any atom is 0.222 e. The van der Waals surface area contributed by atoms with Crippen molar-refractivity contribution < 1.29 is 9.53 Å². The van der Waals surface area contributed by atoms with Crippen molar-refractivity contribution in [3.05, 3.63) is 24.3 Å². The normalized spacial score (nSPS) is 17.2. The van der Waals surface area contributed by atoms with E-state index in [9.17, 15) is 4.79 Å². The number of likely N-dealkylation sites (tertiary alicyclic amines) is 1. The quantitative estimate of drug-likeness (QED) is 0.184. The monoisotopic (exact) mass is 572 g/mol. The first-order chi connectivity index (χ1) is 15.7. The second-order valence-electron chi connectivity index (χ2n) is 8.41. The summed E-state index contributed by atoms with van der Waals surface area (Å²) in [5, 5.41) is 6.77. The van der Waals surface area contributed by atoms with Crippen molar-refractivity contribution in [2.75, 3.05) is 77.5 Å². The third-order valence-electron chi connectivity index (χ3n) is 6.13. The molecule has 0 bridgehead atoms. The number of nitrogens with one attached hydrogen (secondary N) is 2. The first-order valence-corrected chi connectivity index (χ1v) is 12.1. The van der Waals surface area contributed by atoms with Gasteiger partial charge in [0.25, 0.3) is 0 Å². The van der Waals surface area contributed by atoms with E-state index in [-0.39, 0.29) is 24.0 Å². The van der Waals surface area contributed by atoms with Crippen LogP contribution in [0, 0.1) is 0 Å². The molecule has 0 atom stereocenters. The molecule has 1 amide bonds. The Balaban J connectivity index is 0.00000385. The fourth-order valence-electron chi connectivity index (χ4n) is 4.27. The maximum absolute atomic E-state index is 11.7. The number of rotatable bonds is 11. The number of methoxy groups -OCH3 is 1. The molecule has 3 rings (SSSR count). The van der Waals surface area contributed by atoms with Gasteiger partial charge in [0.15, 0.2) is 5.96 Å². The van der Waals surface area contributed by atoms with Crippen molar-refractivity contribution in [3.8, 4) is 5.75 Å². The molecule has 0 aromatic heterocycles. The summed E-state index contributed by atoms with van der Waals surface area (Å²) < 4.78 is 5.25. The second-order valence-corrected chi connectivity index (χ2v) is 8.41. The summed E-state index contributed by atoms with van der Waals surface area (Å²) in [5.41, 5.74) is 1.27. The minimum absolute atomic E-state index is 0. The summed E-state index contributed by atoms with van der Waals surface area (Å²) in [5.74, 6) is 2.08. The molecule has 9 heteroatoms. The van der Waals surface area contributed by atoms with Gasteiger partial charge in [0.1, 0.15) is 5.75 Å². The van der Waals surface area contributed by atoms with Gasteiger partial charge in [-0.15, -0.1) is 24.0 Å². The summed E-state index contributed by atoms with van der Waals surface area (Å²) in [4.78, 5) is 23.3. The number of aliphatic imine (C=N–C) groups is 1. The van der Waals surface area contributed by atoms with Crippen molar-refractivity contribution in [3.63, 3.8) is 0 Å². The number of piperazine rings is 1. The highest BCUT2D eigenvalue weighted by Gasteiger charge is 2.19. The molecule has 8 nitrogen and oxygen atoms in total. The Morgan fingerprint density at radius 2 is 1.79 bits per heavy atom. The molecule has 1 aromatic rings. The lowest BCUT2D eigenvalue weighted by atomic mass is 10.2. The van der Waals surface area contributed by atoms with Crippen LogP contribution in [0.1, 0.15) is 32.6 Å². The molecule has 0 unspecified atom stereocenters. The van der Waals surface area contributed by atoms with E-state index in [0.29, 0.717) is 12.3 Å². The van der Waals surface area contributed by atoms with Gasteiger partial charge in [0.2, 0.25) is 5.91 Å². The molecule has 2 N–H and O–H groups in total. The first kappa shape index (κ1) is 27.5. The number of ether oxygens (including phenoxy) is 1. The fraction of sp³-hybridized carbons (Fsp3) is 0.667. The number of guanidine groups is 1. The topological polar surface area (TPSA) is 72.4 Å². The number of carbonyl (C=O) groups is 1. The third-order valence-corrected chi connectivity index (χ3v) is 6.13. The molecule has 2 aliphatic heterocycles. The minimum Gasteiger partial charge on any atom is -0.497 e. The Morgan fingerprint density at radius 1 is 1.03 bits per heavy atom. The van der Waals surface area contributed by atoms with E-state index in [0.717, 1.165) is 96.4 Å². The summed E-state index contributed by atoms with van der Waals surface area (Å²) in [6.45, 7) is 11.7. The van der Waals surface area contributed by atoms with E-state index < -0.39 is 0 Å². The summed E-state index contributed by atoms with van der Waals surface area (Å²) in [6.07, 6.45) is 3.73. The number of hydrogen-bond acceptors (Lipinski definition) is 5.